The second-order valence-corrected chi connectivity index (χ2v) is 8.35. The van der Waals surface area contributed by atoms with E-state index in [4.69, 9.17) is 0 Å². The molecule has 0 aliphatic heterocycles. The van der Waals surface area contributed by atoms with Gasteiger partial charge in [-0.1, -0.05) is 54.1 Å². The molecule has 1 N–H and O–H groups in total. The van der Waals surface area contributed by atoms with Crippen LogP contribution in [0.2, 0.25) is 0 Å². The van der Waals surface area contributed by atoms with Crippen molar-refractivity contribution in [1.29, 1.82) is 0 Å². The minimum absolute atomic E-state index is 0.0555. The number of sulfonamides is 1. The molecule has 3 aromatic rings. The highest BCUT2D eigenvalue weighted by Crippen LogP contribution is 2.22. The maximum Gasteiger partial charge on any atom is 0.265 e. The first-order valence-corrected chi connectivity index (χ1v) is 10.3. The van der Waals surface area contributed by atoms with Gasteiger partial charge in [-0.15, -0.1) is 11.3 Å². The van der Waals surface area contributed by atoms with Crippen LogP contribution in [0, 0.1) is 6.92 Å². The monoisotopic (exact) mass is 383 g/mol. The van der Waals surface area contributed by atoms with Crippen LogP contribution in [0.3, 0.4) is 0 Å². The third kappa shape index (κ3) is 4.28. The van der Waals surface area contributed by atoms with Crippen LogP contribution in [0.1, 0.15) is 16.0 Å². The van der Waals surface area contributed by atoms with E-state index >= 15 is 0 Å². The van der Waals surface area contributed by atoms with Crippen molar-refractivity contribution < 1.29 is 13.2 Å². The maximum absolute atomic E-state index is 12.8. The average Bonchev–Trinajstić information content (AvgIpc) is 3.13. The largest absolute Gasteiger partial charge is 0.268 e. The van der Waals surface area contributed by atoms with Crippen molar-refractivity contribution in [1.82, 2.24) is 4.72 Å². The number of aryl methyl sites for hydroxylation is 1. The Balaban J connectivity index is 1.94. The van der Waals surface area contributed by atoms with Gasteiger partial charge in [-0.2, -0.15) is 0 Å². The van der Waals surface area contributed by atoms with Crippen LogP contribution in [0.25, 0.3) is 11.6 Å². The molecular formula is C20H17NO3S2. The summed E-state index contributed by atoms with van der Waals surface area (Å²) < 4.78 is 27.2. The predicted molar refractivity (Wildman–Crippen MR) is 105 cm³/mol. The molecule has 6 heteroatoms. The van der Waals surface area contributed by atoms with Crippen molar-refractivity contribution in [2.45, 2.75) is 11.8 Å². The summed E-state index contributed by atoms with van der Waals surface area (Å²) in [6.07, 6.45) is 1.69. The summed E-state index contributed by atoms with van der Waals surface area (Å²) in [5, 5.41) is 1.90. The lowest BCUT2D eigenvalue weighted by Gasteiger charge is -2.10. The lowest BCUT2D eigenvalue weighted by atomic mass is 10.0. The van der Waals surface area contributed by atoms with Crippen LogP contribution >= 0.6 is 11.3 Å². The second-order valence-electron chi connectivity index (χ2n) is 5.69. The number of thiophene rings is 1. The van der Waals surface area contributed by atoms with Gasteiger partial charge in [0.2, 0.25) is 0 Å². The Labute approximate surface area is 156 Å². The Morgan fingerprint density at radius 2 is 1.65 bits per heavy atom. The Bertz CT molecular complexity index is 1020. The van der Waals surface area contributed by atoms with Gasteiger partial charge in [0.1, 0.15) is 0 Å². The summed E-state index contributed by atoms with van der Waals surface area (Å²) in [6.45, 7) is 1.87. The third-order valence-electron chi connectivity index (χ3n) is 3.72. The Kier molecular flexibility index (Phi) is 5.35. The molecule has 0 bridgehead atoms. The van der Waals surface area contributed by atoms with Gasteiger partial charge < -0.3 is 0 Å². The first kappa shape index (κ1) is 18.1. The van der Waals surface area contributed by atoms with Crippen LogP contribution in [-0.4, -0.2) is 14.3 Å². The SMILES string of the molecule is Cc1ccc(S(=O)(=O)NC(=O)/C(=C/c2cccs2)c2ccccc2)cc1. The van der Waals surface area contributed by atoms with E-state index in [0.29, 0.717) is 11.1 Å². The number of carbonyl (C=O) groups is 1. The molecule has 26 heavy (non-hydrogen) atoms. The Hall–Kier alpha value is -2.70. The van der Waals surface area contributed by atoms with Gasteiger partial charge in [-0.25, -0.2) is 13.1 Å². The van der Waals surface area contributed by atoms with Crippen LogP contribution in [0.4, 0.5) is 0 Å². The molecule has 0 spiro atoms. The molecule has 0 atom stereocenters. The number of hydrogen-bond donors (Lipinski definition) is 1. The molecule has 0 saturated carbocycles. The van der Waals surface area contributed by atoms with E-state index in [2.05, 4.69) is 4.72 Å². The van der Waals surface area contributed by atoms with Crippen LogP contribution in [-0.2, 0) is 14.8 Å². The molecule has 0 aliphatic carbocycles. The van der Waals surface area contributed by atoms with Crippen molar-refractivity contribution in [3.8, 4) is 0 Å². The first-order chi connectivity index (χ1) is 12.5. The summed E-state index contributed by atoms with van der Waals surface area (Å²) in [5.74, 6) is -0.662. The number of hydrogen-bond acceptors (Lipinski definition) is 4. The molecule has 2 aromatic carbocycles. The van der Waals surface area contributed by atoms with Gasteiger partial charge in [-0.3, -0.25) is 4.79 Å². The van der Waals surface area contributed by atoms with Crippen LogP contribution in [0.5, 0.6) is 0 Å². The summed E-state index contributed by atoms with van der Waals surface area (Å²) in [5.41, 5.74) is 1.89. The average molecular weight is 383 g/mol. The standard InChI is InChI=1S/C20H17NO3S2/c1-15-9-11-18(12-10-15)26(23,24)21-20(22)19(14-17-8-5-13-25-17)16-6-3-2-4-7-16/h2-14H,1H3,(H,21,22)/b19-14+. The molecule has 132 valence electrons. The fraction of sp³-hybridized carbons (Fsp3) is 0.0500. The van der Waals surface area contributed by atoms with E-state index in [1.165, 1.54) is 23.5 Å². The topological polar surface area (TPSA) is 63.2 Å². The smallest absolute Gasteiger partial charge is 0.265 e. The zero-order valence-corrected chi connectivity index (χ0v) is 15.7. The molecule has 4 nitrogen and oxygen atoms in total. The third-order valence-corrected chi connectivity index (χ3v) is 5.88. The second kappa shape index (κ2) is 7.68. The van der Waals surface area contributed by atoms with Gasteiger partial charge in [-0.05, 0) is 42.1 Å². The van der Waals surface area contributed by atoms with E-state index in [9.17, 15) is 13.2 Å². The highest BCUT2D eigenvalue weighted by Gasteiger charge is 2.21. The zero-order valence-electron chi connectivity index (χ0n) is 14.0. The van der Waals surface area contributed by atoms with Crippen LogP contribution < -0.4 is 4.72 Å². The van der Waals surface area contributed by atoms with Gasteiger partial charge >= 0.3 is 0 Å². The summed E-state index contributed by atoms with van der Waals surface area (Å²) in [7, 11) is -3.95. The Morgan fingerprint density at radius 3 is 2.27 bits per heavy atom. The molecule has 0 radical (unpaired) electrons. The quantitative estimate of drug-likeness (QED) is 0.675. The number of rotatable bonds is 5. The van der Waals surface area contributed by atoms with Gasteiger partial charge in [0.05, 0.1) is 4.90 Å². The molecule has 0 fully saturated rings. The summed E-state index contributed by atoms with van der Waals surface area (Å²) in [6, 6.07) is 19.1. The number of amides is 1. The zero-order chi connectivity index (χ0) is 18.6. The minimum Gasteiger partial charge on any atom is -0.268 e. The molecule has 1 aromatic heterocycles. The van der Waals surface area contributed by atoms with Crippen molar-refractivity contribution in [2.75, 3.05) is 0 Å². The highest BCUT2D eigenvalue weighted by molar-refractivity contribution is 7.90. The fourth-order valence-electron chi connectivity index (χ4n) is 2.37. The molecular weight excluding hydrogens is 366 g/mol. The molecule has 0 saturated heterocycles. The Morgan fingerprint density at radius 1 is 0.962 bits per heavy atom. The summed E-state index contributed by atoms with van der Waals surface area (Å²) in [4.78, 5) is 13.7. The molecule has 0 aliphatic rings. The lowest BCUT2D eigenvalue weighted by molar-refractivity contribution is -0.113. The molecule has 3 rings (SSSR count). The van der Waals surface area contributed by atoms with Gasteiger partial charge in [0.25, 0.3) is 15.9 Å². The minimum atomic E-state index is -3.95. The number of nitrogens with one attached hydrogen (secondary N) is 1. The van der Waals surface area contributed by atoms with Crippen molar-refractivity contribution >= 4 is 38.9 Å². The van der Waals surface area contributed by atoms with Crippen molar-refractivity contribution in [3.63, 3.8) is 0 Å². The molecule has 0 unspecified atom stereocenters. The predicted octanol–water partition coefficient (Wildman–Crippen LogP) is 4.10. The summed E-state index contributed by atoms with van der Waals surface area (Å²) >= 11 is 1.47. The fourth-order valence-corrected chi connectivity index (χ4v) is 3.99. The number of carbonyl (C=O) groups excluding carboxylic acids is 1. The molecule has 1 heterocycles. The van der Waals surface area contributed by atoms with Crippen molar-refractivity contribution in [2.24, 2.45) is 0 Å². The van der Waals surface area contributed by atoms with Crippen molar-refractivity contribution in [3.05, 3.63) is 88.1 Å². The van der Waals surface area contributed by atoms with E-state index in [-0.39, 0.29) is 4.90 Å². The molecule has 1 amide bonds. The van der Waals surface area contributed by atoms with E-state index in [0.717, 1.165) is 10.4 Å². The maximum atomic E-state index is 12.8. The van der Waals surface area contributed by atoms with E-state index in [1.54, 1.807) is 42.5 Å². The van der Waals surface area contributed by atoms with Crippen LogP contribution in [0.15, 0.2) is 77.0 Å². The normalized spacial score (nSPS) is 12.0. The highest BCUT2D eigenvalue weighted by atomic mass is 32.2. The van der Waals surface area contributed by atoms with Gasteiger partial charge in [0.15, 0.2) is 0 Å². The lowest BCUT2D eigenvalue weighted by Crippen LogP contribution is -2.31. The number of benzene rings is 2. The van der Waals surface area contributed by atoms with E-state index < -0.39 is 15.9 Å². The van der Waals surface area contributed by atoms with Gasteiger partial charge in [0, 0.05) is 10.5 Å². The first-order valence-electron chi connectivity index (χ1n) is 7.90. The van der Waals surface area contributed by atoms with E-state index in [1.807, 2.05) is 30.5 Å².